The van der Waals surface area contributed by atoms with Crippen molar-refractivity contribution in [2.45, 2.75) is 105 Å². The quantitative estimate of drug-likeness (QED) is 0.273. The highest BCUT2D eigenvalue weighted by Gasteiger charge is 2.46. The number of carbonyl (C=O) groups excluding carboxylic acids is 3. The second-order valence-corrected chi connectivity index (χ2v) is 10.4. The molecule has 1 saturated heterocycles. The Labute approximate surface area is 200 Å². The van der Waals surface area contributed by atoms with E-state index in [1.807, 2.05) is 0 Å². The van der Waals surface area contributed by atoms with Gasteiger partial charge in [0.1, 0.15) is 5.92 Å². The summed E-state index contributed by atoms with van der Waals surface area (Å²) in [6.07, 6.45) is 5.26. The second kappa shape index (κ2) is 12.7. The van der Waals surface area contributed by atoms with Gasteiger partial charge in [0.25, 0.3) is 0 Å². The number of hydrogen-bond acceptors (Lipinski definition) is 5. The summed E-state index contributed by atoms with van der Waals surface area (Å²) < 4.78 is 0. The minimum absolute atomic E-state index is 0.0902. The predicted octanol–water partition coefficient (Wildman–Crippen LogP) is 4.51. The molecule has 0 aromatic rings. The maximum atomic E-state index is 13.2. The number of nitrogens with zero attached hydrogens (tertiary/aromatic N) is 2. The highest BCUT2D eigenvalue weighted by atomic mass is 16.3. The fourth-order valence-corrected chi connectivity index (χ4v) is 4.77. The number of barbiturate groups is 1. The summed E-state index contributed by atoms with van der Waals surface area (Å²) in [6.45, 7) is 15.8. The van der Waals surface area contributed by atoms with Crippen LogP contribution in [0.5, 0.6) is 0 Å². The first kappa shape index (κ1) is 29.3. The molecule has 7 nitrogen and oxygen atoms in total. The zero-order valence-electron chi connectivity index (χ0n) is 21.6. The Balaban J connectivity index is 3.08. The van der Waals surface area contributed by atoms with Gasteiger partial charge in [-0.15, -0.1) is 6.58 Å². The third kappa shape index (κ3) is 7.64. The Hall–Kier alpha value is -1.73. The van der Waals surface area contributed by atoms with Crippen molar-refractivity contribution < 1.29 is 24.6 Å². The first-order valence-corrected chi connectivity index (χ1v) is 12.5. The van der Waals surface area contributed by atoms with E-state index >= 15 is 0 Å². The first-order chi connectivity index (χ1) is 15.4. The molecule has 33 heavy (non-hydrogen) atoms. The van der Waals surface area contributed by atoms with Gasteiger partial charge in [0, 0.05) is 0 Å². The minimum atomic E-state index is -1.06. The minimum Gasteiger partial charge on any atom is -0.391 e. The molecule has 2 N–H and O–H groups in total. The Kier molecular flexibility index (Phi) is 11.2. The van der Waals surface area contributed by atoms with Crippen LogP contribution < -0.4 is 0 Å². The third-order valence-corrected chi connectivity index (χ3v) is 7.65. The number of imide groups is 2. The lowest BCUT2D eigenvalue weighted by atomic mass is 9.78. The molecule has 0 aliphatic carbocycles. The van der Waals surface area contributed by atoms with E-state index in [0.29, 0.717) is 12.8 Å². The van der Waals surface area contributed by atoms with Crippen molar-refractivity contribution in [3.8, 4) is 0 Å². The van der Waals surface area contributed by atoms with E-state index in [1.165, 1.54) is 6.08 Å². The lowest BCUT2D eigenvalue weighted by molar-refractivity contribution is -0.151. The molecule has 0 bridgehead atoms. The van der Waals surface area contributed by atoms with Gasteiger partial charge in [-0.1, -0.05) is 73.3 Å². The van der Waals surface area contributed by atoms with Gasteiger partial charge in [0.15, 0.2) is 0 Å². The summed E-state index contributed by atoms with van der Waals surface area (Å²) in [5, 5.41) is 21.5. The van der Waals surface area contributed by atoms with Gasteiger partial charge in [-0.05, 0) is 36.5 Å². The van der Waals surface area contributed by atoms with Crippen molar-refractivity contribution in [3.63, 3.8) is 0 Å². The number of allylic oxidation sites excluding steroid dienone is 1. The fraction of sp³-hybridized carbons (Fsp3) is 0.808. The number of β-amino-alcohol motifs (C(OH)–C–C–N with tert-alkyl or cyclic N) is 2. The van der Waals surface area contributed by atoms with Crippen LogP contribution in [0.3, 0.4) is 0 Å². The highest BCUT2D eigenvalue weighted by Crippen LogP contribution is 2.34. The molecule has 0 spiro atoms. The summed E-state index contributed by atoms with van der Waals surface area (Å²) in [4.78, 5) is 41.2. The van der Waals surface area contributed by atoms with Crippen LogP contribution in [0.25, 0.3) is 0 Å². The van der Waals surface area contributed by atoms with Gasteiger partial charge >= 0.3 is 6.03 Å². The summed E-state index contributed by atoms with van der Waals surface area (Å²) >= 11 is 0. The van der Waals surface area contributed by atoms with Gasteiger partial charge in [-0.25, -0.2) is 4.79 Å². The van der Waals surface area contributed by atoms with Crippen LogP contribution in [0.4, 0.5) is 4.79 Å². The highest BCUT2D eigenvalue weighted by molar-refractivity contribution is 6.16. The SMILES string of the molecule is C=CCC1C(=O)N(CC(O)CC(C)(CC)CC)C(=O)N(CC(O)CC(C)(CC)CCC)C1=O. The lowest BCUT2D eigenvalue weighted by Crippen LogP contribution is -2.62. The van der Waals surface area contributed by atoms with Crippen LogP contribution in [0.2, 0.25) is 0 Å². The molecule has 0 aromatic heterocycles. The molecule has 1 rings (SSSR count). The molecule has 1 aliphatic heterocycles. The molecule has 0 aromatic carbocycles. The molecule has 7 heteroatoms. The van der Waals surface area contributed by atoms with Gasteiger partial charge in [-0.2, -0.15) is 0 Å². The molecule has 0 saturated carbocycles. The zero-order chi connectivity index (χ0) is 25.4. The summed E-state index contributed by atoms with van der Waals surface area (Å²) in [5.74, 6) is -2.26. The normalized spacial score (nSPS) is 21.2. The van der Waals surface area contributed by atoms with Crippen LogP contribution in [0.1, 0.15) is 92.9 Å². The number of aliphatic hydroxyl groups excluding tert-OH is 2. The molecule has 1 heterocycles. The number of amides is 4. The molecular formula is C26H46N2O5. The van der Waals surface area contributed by atoms with E-state index in [9.17, 15) is 24.6 Å². The van der Waals surface area contributed by atoms with E-state index in [2.05, 4.69) is 48.1 Å². The molecule has 190 valence electrons. The van der Waals surface area contributed by atoms with Crippen LogP contribution in [-0.4, -0.2) is 63.2 Å². The van der Waals surface area contributed by atoms with Gasteiger partial charge < -0.3 is 10.2 Å². The van der Waals surface area contributed by atoms with Gasteiger partial charge in [-0.3, -0.25) is 19.4 Å². The molecule has 1 fully saturated rings. The van der Waals surface area contributed by atoms with Crippen LogP contribution in [-0.2, 0) is 9.59 Å². The van der Waals surface area contributed by atoms with E-state index in [0.717, 1.165) is 41.9 Å². The fourth-order valence-electron chi connectivity index (χ4n) is 4.77. The van der Waals surface area contributed by atoms with Crippen molar-refractivity contribution in [2.75, 3.05) is 13.1 Å². The largest absolute Gasteiger partial charge is 0.391 e. The number of aliphatic hydroxyl groups is 2. The number of hydrogen-bond donors (Lipinski definition) is 2. The Morgan fingerprint density at radius 2 is 1.30 bits per heavy atom. The third-order valence-electron chi connectivity index (χ3n) is 7.65. The Morgan fingerprint density at radius 3 is 1.67 bits per heavy atom. The van der Waals surface area contributed by atoms with E-state index in [4.69, 9.17) is 0 Å². The monoisotopic (exact) mass is 466 g/mol. The van der Waals surface area contributed by atoms with Crippen LogP contribution in [0, 0.1) is 16.7 Å². The van der Waals surface area contributed by atoms with Crippen molar-refractivity contribution in [1.82, 2.24) is 9.80 Å². The summed E-state index contributed by atoms with van der Waals surface area (Å²) in [5.41, 5.74) is -0.190. The van der Waals surface area contributed by atoms with Crippen molar-refractivity contribution >= 4 is 17.8 Å². The number of carbonyl (C=O) groups is 3. The molecule has 4 unspecified atom stereocenters. The molecule has 1 aliphatic rings. The maximum absolute atomic E-state index is 13.2. The topological polar surface area (TPSA) is 98.2 Å². The Morgan fingerprint density at radius 1 is 0.879 bits per heavy atom. The van der Waals surface area contributed by atoms with Gasteiger partial charge in [0.05, 0.1) is 25.3 Å². The van der Waals surface area contributed by atoms with E-state index in [-0.39, 0.29) is 30.3 Å². The molecule has 4 amide bonds. The van der Waals surface area contributed by atoms with Crippen molar-refractivity contribution in [2.24, 2.45) is 16.7 Å². The first-order valence-electron chi connectivity index (χ1n) is 12.5. The lowest BCUT2D eigenvalue weighted by Gasteiger charge is -2.40. The predicted molar refractivity (Wildman–Crippen MR) is 130 cm³/mol. The standard InChI is InChI=1S/C26H46N2O5/c1-8-13-21-22(31)27(17-19(29)15-25(6,10-3)11-4)24(33)28(23(21)32)18-20(30)16-26(7,12-5)14-9-2/h8,19-21,29-30H,1,9-18H2,2-7H3. The second-order valence-electron chi connectivity index (χ2n) is 10.4. The maximum Gasteiger partial charge on any atom is 0.333 e. The summed E-state index contributed by atoms with van der Waals surface area (Å²) in [7, 11) is 0. The molecule has 4 atom stereocenters. The average molecular weight is 467 g/mol. The Bertz CT molecular complexity index is 690. The smallest absolute Gasteiger partial charge is 0.333 e. The molecular weight excluding hydrogens is 420 g/mol. The van der Waals surface area contributed by atoms with Crippen molar-refractivity contribution in [1.29, 1.82) is 0 Å². The van der Waals surface area contributed by atoms with E-state index < -0.39 is 36.0 Å². The molecule has 0 radical (unpaired) electrons. The van der Waals surface area contributed by atoms with E-state index in [1.54, 1.807) is 0 Å². The van der Waals surface area contributed by atoms with Crippen LogP contribution in [0.15, 0.2) is 12.7 Å². The number of urea groups is 1. The van der Waals surface area contributed by atoms with Crippen molar-refractivity contribution in [3.05, 3.63) is 12.7 Å². The van der Waals surface area contributed by atoms with Gasteiger partial charge in [0.2, 0.25) is 11.8 Å². The summed E-state index contributed by atoms with van der Waals surface area (Å²) in [6, 6.07) is -0.758. The average Bonchev–Trinajstić information content (AvgIpc) is 2.77. The zero-order valence-corrected chi connectivity index (χ0v) is 21.6. The van der Waals surface area contributed by atoms with Crippen LogP contribution >= 0.6 is 0 Å². The number of rotatable bonds is 15.